The average molecular weight is 446 g/mol. The van der Waals surface area contributed by atoms with Gasteiger partial charge >= 0.3 is 0 Å². The molecule has 0 spiro atoms. The zero-order valence-corrected chi connectivity index (χ0v) is 18.2. The molecule has 0 saturated carbocycles. The van der Waals surface area contributed by atoms with Crippen molar-refractivity contribution in [3.05, 3.63) is 95.8 Å². The first-order valence-corrected chi connectivity index (χ1v) is 11.5. The molecule has 2 heterocycles. The van der Waals surface area contributed by atoms with E-state index in [1.807, 2.05) is 54.6 Å². The first kappa shape index (κ1) is 19.7. The van der Waals surface area contributed by atoms with E-state index in [1.165, 1.54) is 22.9 Å². The highest BCUT2D eigenvalue weighted by Crippen LogP contribution is 2.25. The monoisotopic (exact) mass is 445 g/mol. The number of hydrogen-bond donors (Lipinski definition) is 0. The van der Waals surface area contributed by atoms with Crippen LogP contribution in [0.5, 0.6) is 5.75 Å². The number of thioether (sulfide) groups is 1. The predicted octanol–water partition coefficient (Wildman–Crippen LogP) is 5.20. The van der Waals surface area contributed by atoms with E-state index in [1.54, 1.807) is 11.8 Å². The van der Waals surface area contributed by atoms with Crippen molar-refractivity contribution in [2.75, 3.05) is 0 Å². The molecule has 0 saturated heterocycles. The van der Waals surface area contributed by atoms with E-state index in [-0.39, 0.29) is 0 Å². The molecule has 0 aliphatic carbocycles. The summed E-state index contributed by atoms with van der Waals surface area (Å²) in [5, 5.41) is 9.76. The minimum atomic E-state index is 0.362. The Hall–Kier alpha value is -3.23. The Kier molecular flexibility index (Phi) is 5.90. The summed E-state index contributed by atoms with van der Waals surface area (Å²) in [6.07, 6.45) is 0. The lowest BCUT2D eigenvalue weighted by molar-refractivity contribution is 0.289. The summed E-state index contributed by atoms with van der Waals surface area (Å²) >= 11 is 2.90. The Morgan fingerprint density at radius 1 is 0.806 bits per heavy atom. The molecule has 6 nitrogen and oxygen atoms in total. The number of para-hydroxylation sites is 1. The third-order valence-electron chi connectivity index (χ3n) is 4.77. The predicted molar refractivity (Wildman–Crippen MR) is 123 cm³/mol. The van der Waals surface area contributed by atoms with Gasteiger partial charge in [0.05, 0.1) is 18.3 Å². The topological polar surface area (TPSA) is 65.7 Å². The summed E-state index contributed by atoms with van der Waals surface area (Å²) in [7, 11) is 0. The van der Waals surface area contributed by atoms with Gasteiger partial charge in [-0.05, 0) is 35.4 Å². The molecule has 0 N–H and O–H groups in total. The largest absolute Gasteiger partial charge is 0.486 e. The minimum absolute atomic E-state index is 0.362. The van der Waals surface area contributed by atoms with Crippen molar-refractivity contribution in [2.45, 2.75) is 24.1 Å². The highest BCUT2D eigenvalue weighted by Gasteiger charge is 2.14. The molecule has 0 unspecified atom stereocenters. The Morgan fingerprint density at radius 3 is 2.42 bits per heavy atom. The number of aromatic nitrogens is 5. The van der Waals surface area contributed by atoms with Crippen molar-refractivity contribution < 1.29 is 4.74 Å². The lowest BCUT2D eigenvalue weighted by Gasteiger charge is -2.11. The molecule has 2 aromatic heterocycles. The van der Waals surface area contributed by atoms with Crippen LogP contribution in [0.1, 0.15) is 17.0 Å². The second-order valence-electron chi connectivity index (χ2n) is 6.95. The van der Waals surface area contributed by atoms with Gasteiger partial charge in [-0.3, -0.25) is 4.57 Å². The molecule has 0 aliphatic heterocycles. The first-order valence-electron chi connectivity index (χ1n) is 9.83. The smallest absolute Gasteiger partial charge is 0.191 e. The Labute approximate surface area is 188 Å². The molecule has 31 heavy (non-hydrogen) atoms. The molecule has 3 aromatic carbocycles. The second-order valence-corrected chi connectivity index (χ2v) is 8.42. The maximum Gasteiger partial charge on any atom is 0.191 e. The highest BCUT2D eigenvalue weighted by molar-refractivity contribution is 7.98. The number of fused-ring (bicyclic) bond motifs is 1. The fourth-order valence-corrected chi connectivity index (χ4v) is 4.60. The maximum absolute atomic E-state index is 5.94. The van der Waals surface area contributed by atoms with Crippen LogP contribution in [0.15, 0.2) is 84.0 Å². The van der Waals surface area contributed by atoms with Crippen LogP contribution in [-0.2, 0) is 18.9 Å². The van der Waals surface area contributed by atoms with Crippen LogP contribution in [0.3, 0.4) is 0 Å². The number of ether oxygens (including phenoxy) is 1. The van der Waals surface area contributed by atoms with E-state index in [0.717, 1.165) is 33.5 Å². The third kappa shape index (κ3) is 4.76. The molecular formula is C23H19N5OS2. The van der Waals surface area contributed by atoms with Gasteiger partial charge < -0.3 is 4.74 Å². The molecule has 0 bridgehead atoms. The Balaban J connectivity index is 1.36. The van der Waals surface area contributed by atoms with Crippen LogP contribution >= 0.6 is 23.5 Å². The molecule has 0 atom stereocenters. The van der Waals surface area contributed by atoms with Crippen molar-refractivity contribution in [3.63, 3.8) is 0 Å². The van der Waals surface area contributed by atoms with Gasteiger partial charge in [0.1, 0.15) is 23.4 Å². The number of rotatable bonds is 8. The van der Waals surface area contributed by atoms with E-state index >= 15 is 0 Å². The number of nitrogens with zero attached hydrogens (tertiary/aromatic N) is 5. The van der Waals surface area contributed by atoms with Gasteiger partial charge in [-0.2, -0.15) is 8.75 Å². The standard InChI is InChI=1S/C23H19N5OS2/c1-3-7-17(8-4-1)14-28-22(15-29-19-9-5-2-6-10-19)24-25-23(28)30-16-18-11-12-20-21(13-18)27-31-26-20/h1-13H,14-16H2. The van der Waals surface area contributed by atoms with E-state index in [0.29, 0.717) is 13.2 Å². The third-order valence-corrected chi connectivity index (χ3v) is 6.37. The summed E-state index contributed by atoms with van der Waals surface area (Å²) in [6, 6.07) is 26.3. The molecule has 154 valence electrons. The van der Waals surface area contributed by atoms with E-state index < -0.39 is 0 Å². The molecule has 0 aliphatic rings. The molecule has 8 heteroatoms. The van der Waals surface area contributed by atoms with Crippen LogP contribution in [0, 0.1) is 0 Å². The van der Waals surface area contributed by atoms with Crippen LogP contribution in [0.25, 0.3) is 11.0 Å². The highest BCUT2D eigenvalue weighted by atomic mass is 32.2. The quantitative estimate of drug-likeness (QED) is 0.306. The lowest BCUT2D eigenvalue weighted by Crippen LogP contribution is -2.09. The lowest BCUT2D eigenvalue weighted by atomic mass is 10.2. The molecular weight excluding hydrogens is 426 g/mol. The zero-order chi connectivity index (χ0) is 20.9. The van der Waals surface area contributed by atoms with Gasteiger partial charge in [0, 0.05) is 5.75 Å². The average Bonchev–Trinajstić information content (AvgIpc) is 3.44. The first-order chi connectivity index (χ1) is 15.3. The molecule has 0 amide bonds. The van der Waals surface area contributed by atoms with E-state index in [4.69, 9.17) is 4.74 Å². The summed E-state index contributed by atoms with van der Waals surface area (Å²) in [5.41, 5.74) is 4.25. The normalized spacial score (nSPS) is 11.1. The summed E-state index contributed by atoms with van der Waals surface area (Å²) in [5.74, 6) is 2.39. The van der Waals surface area contributed by atoms with Crippen LogP contribution in [0.4, 0.5) is 0 Å². The van der Waals surface area contributed by atoms with Gasteiger partial charge in [-0.15, -0.1) is 10.2 Å². The van der Waals surface area contributed by atoms with Crippen LogP contribution in [0.2, 0.25) is 0 Å². The summed E-state index contributed by atoms with van der Waals surface area (Å²) in [6.45, 7) is 1.06. The Bertz CT molecular complexity index is 1270. The van der Waals surface area contributed by atoms with E-state index in [2.05, 4.69) is 47.8 Å². The zero-order valence-electron chi connectivity index (χ0n) is 16.6. The SMILES string of the molecule is c1ccc(Cn2c(COc3ccccc3)nnc2SCc2ccc3nsnc3c2)cc1. The summed E-state index contributed by atoms with van der Waals surface area (Å²) in [4.78, 5) is 0. The fraction of sp³-hybridized carbons (Fsp3) is 0.130. The number of benzene rings is 3. The van der Waals surface area contributed by atoms with Crippen molar-refractivity contribution in [1.82, 2.24) is 23.5 Å². The molecule has 0 radical (unpaired) electrons. The van der Waals surface area contributed by atoms with Crippen LogP contribution in [-0.4, -0.2) is 23.5 Å². The van der Waals surface area contributed by atoms with Gasteiger partial charge in [-0.1, -0.05) is 66.4 Å². The number of hydrogen-bond acceptors (Lipinski definition) is 7. The van der Waals surface area contributed by atoms with Crippen molar-refractivity contribution in [1.29, 1.82) is 0 Å². The van der Waals surface area contributed by atoms with Crippen LogP contribution < -0.4 is 4.74 Å². The fourth-order valence-electron chi connectivity index (χ4n) is 3.19. The van der Waals surface area contributed by atoms with Gasteiger partial charge in [-0.25, -0.2) is 0 Å². The molecule has 5 aromatic rings. The molecule has 0 fully saturated rings. The van der Waals surface area contributed by atoms with Gasteiger partial charge in [0.15, 0.2) is 11.0 Å². The van der Waals surface area contributed by atoms with Crippen molar-refractivity contribution >= 4 is 34.5 Å². The van der Waals surface area contributed by atoms with Crippen molar-refractivity contribution in [2.24, 2.45) is 0 Å². The van der Waals surface area contributed by atoms with Crippen molar-refractivity contribution in [3.8, 4) is 5.75 Å². The Morgan fingerprint density at radius 2 is 1.58 bits per heavy atom. The minimum Gasteiger partial charge on any atom is -0.486 e. The summed E-state index contributed by atoms with van der Waals surface area (Å²) < 4.78 is 16.7. The van der Waals surface area contributed by atoms with Gasteiger partial charge in [0.2, 0.25) is 0 Å². The molecule has 5 rings (SSSR count). The maximum atomic E-state index is 5.94. The van der Waals surface area contributed by atoms with E-state index in [9.17, 15) is 0 Å². The van der Waals surface area contributed by atoms with Gasteiger partial charge in [0.25, 0.3) is 0 Å². The second kappa shape index (κ2) is 9.28.